The standard InChI is InChI=1S/C21H17NO5S/c1-24-17-6-4-15(5-7-17)21-22-16(12-28-21)11-25-20(23)9-3-14-2-8-18-19(10-14)27-13-26-18/h2-10,12H,11,13H2,1H3/b9-3+. The summed E-state index contributed by atoms with van der Waals surface area (Å²) in [6.45, 7) is 0.341. The van der Waals surface area contributed by atoms with E-state index < -0.39 is 5.97 Å². The fraction of sp³-hybridized carbons (Fsp3) is 0.143. The molecule has 0 saturated heterocycles. The number of fused-ring (bicyclic) bond motifs is 1. The van der Waals surface area contributed by atoms with Crippen molar-refractivity contribution in [2.75, 3.05) is 13.9 Å². The third kappa shape index (κ3) is 4.15. The molecule has 1 aromatic heterocycles. The number of hydrogen-bond acceptors (Lipinski definition) is 7. The highest BCUT2D eigenvalue weighted by Gasteiger charge is 2.12. The van der Waals surface area contributed by atoms with Crippen LogP contribution in [-0.4, -0.2) is 24.9 Å². The number of carbonyl (C=O) groups excluding carboxylic acids is 1. The maximum absolute atomic E-state index is 12.0. The molecule has 3 aromatic rings. The lowest BCUT2D eigenvalue weighted by Gasteiger charge is -2.01. The molecule has 0 N–H and O–H groups in total. The van der Waals surface area contributed by atoms with Gasteiger partial charge in [0.25, 0.3) is 0 Å². The summed E-state index contributed by atoms with van der Waals surface area (Å²) >= 11 is 1.50. The Kier molecular flexibility index (Phi) is 5.25. The highest BCUT2D eigenvalue weighted by molar-refractivity contribution is 7.13. The van der Waals surface area contributed by atoms with E-state index in [4.69, 9.17) is 18.9 Å². The molecule has 0 spiro atoms. The van der Waals surface area contributed by atoms with Crippen molar-refractivity contribution in [3.8, 4) is 27.8 Å². The first-order valence-electron chi connectivity index (χ1n) is 8.54. The van der Waals surface area contributed by atoms with E-state index in [0.717, 1.165) is 21.9 Å². The summed E-state index contributed by atoms with van der Waals surface area (Å²) in [6.07, 6.45) is 3.06. The lowest BCUT2D eigenvalue weighted by atomic mass is 10.2. The molecule has 0 aliphatic carbocycles. The van der Waals surface area contributed by atoms with Crippen LogP contribution in [-0.2, 0) is 16.1 Å². The Balaban J connectivity index is 1.33. The molecule has 0 radical (unpaired) electrons. The molecule has 2 heterocycles. The third-order valence-corrected chi connectivity index (χ3v) is 5.00. The number of methoxy groups -OCH3 is 1. The number of hydrogen-bond donors (Lipinski definition) is 0. The predicted molar refractivity (Wildman–Crippen MR) is 105 cm³/mol. The molecule has 6 nitrogen and oxygen atoms in total. The Labute approximate surface area is 166 Å². The fourth-order valence-electron chi connectivity index (χ4n) is 2.61. The van der Waals surface area contributed by atoms with E-state index in [1.807, 2.05) is 47.8 Å². The van der Waals surface area contributed by atoms with Gasteiger partial charge in [0.15, 0.2) is 11.5 Å². The topological polar surface area (TPSA) is 66.9 Å². The fourth-order valence-corrected chi connectivity index (χ4v) is 3.42. The van der Waals surface area contributed by atoms with Crippen LogP contribution in [0.15, 0.2) is 53.9 Å². The molecule has 0 bridgehead atoms. The Morgan fingerprint density at radius 3 is 2.82 bits per heavy atom. The SMILES string of the molecule is COc1ccc(-c2nc(COC(=O)/C=C/c3ccc4c(c3)OCO4)cs2)cc1. The van der Waals surface area contributed by atoms with Crippen LogP contribution >= 0.6 is 11.3 Å². The number of thiazole rings is 1. The summed E-state index contributed by atoms with van der Waals surface area (Å²) in [4.78, 5) is 16.5. The highest BCUT2D eigenvalue weighted by Crippen LogP contribution is 2.32. The minimum absolute atomic E-state index is 0.122. The van der Waals surface area contributed by atoms with Gasteiger partial charge in [-0.15, -0.1) is 11.3 Å². The van der Waals surface area contributed by atoms with Crippen LogP contribution in [0.4, 0.5) is 0 Å². The Morgan fingerprint density at radius 2 is 2.00 bits per heavy atom. The smallest absolute Gasteiger partial charge is 0.331 e. The minimum atomic E-state index is -0.434. The Hall–Kier alpha value is -3.32. The van der Waals surface area contributed by atoms with E-state index in [1.165, 1.54) is 17.4 Å². The normalized spacial score (nSPS) is 12.3. The van der Waals surface area contributed by atoms with Crippen molar-refractivity contribution in [2.24, 2.45) is 0 Å². The van der Waals surface area contributed by atoms with Crippen molar-refractivity contribution in [2.45, 2.75) is 6.61 Å². The van der Waals surface area contributed by atoms with Crippen LogP contribution in [0.3, 0.4) is 0 Å². The van der Waals surface area contributed by atoms with Gasteiger partial charge in [0.2, 0.25) is 6.79 Å². The van der Waals surface area contributed by atoms with Crippen LogP contribution in [0.2, 0.25) is 0 Å². The van der Waals surface area contributed by atoms with Gasteiger partial charge >= 0.3 is 5.97 Å². The molecule has 1 aliphatic rings. The lowest BCUT2D eigenvalue weighted by Crippen LogP contribution is -2.00. The lowest BCUT2D eigenvalue weighted by molar-refractivity contribution is -0.139. The molecule has 4 rings (SSSR count). The second-order valence-corrected chi connectivity index (χ2v) is 6.78. The molecule has 142 valence electrons. The molecular weight excluding hydrogens is 378 g/mol. The van der Waals surface area contributed by atoms with Gasteiger partial charge in [-0.05, 0) is 48.0 Å². The molecule has 0 amide bonds. The van der Waals surface area contributed by atoms with E-state index in [2.05, 4.69) is 4.98 Å². The zero-order valence-corrected chi connectivity index (χ0v) is 15.9. The van der Waals surface area contributed by atoms with Crippen molar-refractivity contribution in [3.63, 3.8) is 0 Å². The molecule has 1 aliphatic heterocycles. The van der Waals surface area contributed by atoms with Crippen molar-refractivity contribution < 1.29 is 23.7 Å². The van der Waals surface area contributed by atoms with Gasteiger partial charge in [0.05, 0.1) is 12.8 Å². The zero-order valence-electron chi connectivity index (χ0n) is 15.1. The monoisotopic (exact) mass is 395 g/mol. The second kappa shape index (κ2) is 8.14. The number of ether oxygens (including phenoxy) is 4. The Morgan fingerprint density at radius 1 is 1.18 bits per heavy atom. The number of carbonyl (C=O) groups is 1. The van der Waals surface area contributed by atoms with Gasteiger partial charge in [-0.3, -0.25) is 0 Å². The first-order chi connectivity index (χ1) is 13.7. The maximum Gasteiger partial charge on any atom is 0.331 e. The van der Waals surface area contributed by atoms with Crippen molar-refractivity contribution >= 4 is 23.4 Å². The first-order valence-corrected chi connectivity index (χ1v) is 9.42. The van der Waals surface area contributed by atoms with Gasteiger partial charge < -0.3 is 18.9 Å². The van der Waals surface area contributed by atoms with Crippen LogP contribution < -0.4 is 14.2 Å². The average molecular weight is 395 g/mol. The summed E-state index contributed by atoms with van der Waals surface area (Å²) in [5, 5.41) is 2.75. The summed E-state index contributed by atoms with van der Waals surface area (Å²) in [5.74, 6) is 1.74. The quantitative estimate of drug-likeness (QED) is 0.458. The number of esters is 1. The van der Waals surface area contributed by atoms with Gasteiger partial charge in [0, 0.05) is 17.0 Å². The number of benzene rings is 2. The number of nitrogens with zero attached hydrogens (tertiary/aromatic N) is 1. The maximum atomic E-state index is 12.0. The van der Waals surface area contributed by atoms with Gasteiger partial charge in [0.1, 0.15) is 17.4 Å². The van der Waals surface area contributed by atoms with E-state index >= 15 is 0 Å². The van der Waals surface area contributed by atoms with Crippen LogP contribution in [0, 0.1) is 0 Å². The van der Waals surface area contributed by atoms with Gasteiger partial charge in [-0.2, -0.15) is 0 Å². The first kappa shape index (κ1) is 18.1. The van der Waals surface area contributed by atoms with Crippen LogP contribution in [0.1, 0.15) is 11.3 Å². The predicted octanol–water partition coefficient (Wildman–Crippen LogP) is 4.30. The summed E-state index contributed by atoms with van der Waals surface area (Å²) in [6, 6.07) is 13.1. The number of aromatic nitrogens is 1. The largest absolute Gasteiger partial charge is 0.497 e. The average Bonchev–Trinajstić information content (AvgIpc) is 3.39. The summed E-state index contributed by atoms with van der Waals surface area (Å²) < 4.78 is 21.0. The molecule has 0 fully saturated rings. The van der Waals surface area contributed by atoms with E-state index in [1.54, 1.807) is 13.2 Å². The van der Waals surface area contributed by atoms with Crippen LogP contribution in [0.25, 0.3) is 16.6 Å². The van der Waals surface area contributed by atoms with E-state index in [0.29, 0.717) is 17.2 Å². The van der Waals surface area contributed by atoms with Crippen molar-refractivity contribution in [3.05, 3.63) is 65.2 Å². The molecule has 28 heavy (non-hydrogen) atoms. The van der Waals surface area contributed by atoms with Gasteiger partial charge in [-0.1, -0.05) is 6.07 Å². The number of rotatable bonds is 6. The third-order valence-electron chi connectivity index (χ3n) is 4.06. The molecule has 0 atom stereocenters. The van der Waals surface area contributed by atoms with Gasteiger partial charge in [-0.25, -0.2) is 9.78 Å². The molecule has 7 heteroatoms. The summed E-state index contributed by atoms with van der Waals surface area (Å²) in [5.41, 5.74) is 2.53. The molecular formula is C21H17NO5S. The van der Waals surface area contributed by atoms with Crippen molar-refractivity contribution in [1.29, 1.82) is 0 Å². The van der Waals surface area contributed by atoms with E-state index in [-0.39, 0.29) is 13.4 Å². The van der Waals surface area contributed by atoms with Crippen molar-refractivity contribution in [1.82, 2.24) is 4.98 Å². The molecule has 0 unspecified atom stereocenters. The molecule has 0 saturated carbocycles. The minimum Gasteiger partial charge on any atom is -0.497 e. The van der Waals surface area contributed by atoms with E-state index in [9.17, 15) is 4.79 Å². The van der Waals surface area contributed by atoms with Crippen LogP contribution in [0.5, 0.6) is 17.2 Å². The highest BCUT2D eigenvalue weighted by atomic mass is 32.1. The summed E-state index contributed by atoms with van der Waals surface area (Å²) in [7, 11) is 1.63. The Bertz CT molecular complexity index is 1010. The molecule has 2 aromatic carbocycles. The zero-order chi connectivity index (χ0) is 19.3. The second-order valence-electron chi connectivity index (χ2n) is 5.93.